The average molecular weight is 517 g/mol. The van der Waals surface area contributed by atoms with Crippen molar-refractivity contribution < 1.29 is 17.9 Å². The van der Waals surface area contributed by atoms with Gasteiger partial charge in [0.05, 0.1) is 4.90 Å². The van der Waals surface area contributed by atoms with Crippen molar-refractivity contribution in [3.8, 4) is 0 Å². The van der Waals surface area contributed by atoms with E-state index in [0.717, 1.165) is 15.4 Å². The summed E-state index contributed by atoms with van der Waals surface area (Å²) in [7, 11) is -4.23. The van der Waals surface area contributed by atoms with E-state index in [1.165, 1.54) is 12.1 Å². The number of carbonyl (C=O) groups excluding carboxylic acids is 1. The molecule has 1 aliphatic heterocycles. The minimum absolute atomic E-state index is 0.00523. The van der Waals surface area contributed by atoms with E-state index >= 15 is 0 Å². The molecule has 34 heavy (non-hydrogen) atoms. The second kappa shape index (κ2) is 10.2. The van der Waals surface area contributed by atoms with Gasteiger partial charge in [-0.2, -0.15) is 0 Å². The van der Waals surface area contributed by atoms with E-state index in [4.69, 9.17) is 27.9 Å². The predicted octanol–water partition coefficient (Wildman–Crippen LogP) is 5.05. The van der Waals surface area contributed by atoms with Gasteiger partial charge >= 0.3 is 5.97 Å². The monoisotopic (exact) mass is 516 g/mol. The molecule has 0 aromatic heterocycles. The average Bonchev–Trinajstić information content (AvgIpc) is 3.26. The summed E-state index contributed by atoms with van der Waals surface area (Å²) in [6.07, 6.45) is 0. The van der Waals surface area contributed by atoms with Crippen LogP contribution in [0.25, 0.3) is 0 Å². The molecule has 4 rings (SSSR count). The number of carbonyl (C=O) groups is 1. The van der Waals surface area contributed by atoms with Gasteiger partial charge in [-0.05, 0) is 30.2 Å². The van der Waals surface area contributed by atoms with Gasteiger partial charge in [0.2, 0.25) is 0 Å². The highest BCUT2D eigenvalue weighted by atomic mass is 35.5. The molecule has 0 radical (unpaired) electrons. The van der Waals surface area contributed by atoms with E-state index in [9.17, 15) is 13.2 Å². The van der Waals surface area contributed by atoms with E-state index < -0.39 is 32.9 Å². The summed E-state index contributed by atoms with van der Waals surface area (Å²) in [5.41, 5.74) is 2.30. The van der Waals surface area contributed by atoms with Crippen LogP contribution in [0.15, 0.2) is 94.8 Å². The summed E-state index contributed by atoms with van der Waals surface area (Å²) in [5, 5.41) is 0. The van der Waals surface area contributed by atoms with E-state index in [-0.39, 0.29) is 17.3 Å². The van der Waals surface area contributed by atoms with Crippen LogP contribution in [0.1, 0.15) is 22.7 Å². The van der Waals surface area contributed by atoms with Crippen molar-refractivity contribution in [2.45, 2.75) is 35.3 Å². The molecular weight excluding hydrogens is 495 g/mol. The van der Waals surface area contributed by atoms with Crippen LogP contribution in [0, 0.1) is 6.92 Å². The summed E-state index contributed by atoms with van der Waals surface area (Å²) >= 11 is 12.3. The lowest BCUT2D eigenvalue weighted by atomic mass is 10.0. The van der Waals surface area contributed by atoms with Gasteiger partial charge in [-0.1, -0.05) is 102 Å². The minimum Gasteiger partial charge on any atom is -0.459 e. The number of aliphatic imine (C=N–C) groups is 1. The number of ether oxygens (including phenoxy) is 1. The van der Waals surface area contributed by atoms with Gasteiger partial charge in [-0.25, -0.2) is 17.5 Å². The Hall–Kier alpha value is -2.87. The van der Waals surface area contributed by atoms with Crippen LogP contribution in [-0.4, -0.2) is 35.4 Å². The number of halogens is 2. The fraction of sp³-hybridized carbons (Fsp3) is 0.200. The number of aryl methyl sites for hydroxylation is 1. The largest absolute Gasteiger partial charge is 0.459 e. The summed E-state index contributed by atoms with van der Waals surface area (Å²) in [5.74, 6) is -0.874. The molecule has 0 unspecified atom stereocenters. The first-order valence-electron chi connectivity index (χ1n) is 10.5. The van der Waals surface area contributed by atoms with E-state index in [2.05, 4.69) is 4.99 Å². The molecule has 0 saturated carbocycles. The van der Waals surface area contributed by atoms with Gasteiger partial charge in [0, 0.05) is 0 Å². The lowest BCUT2D eigenvalue weighted by Crippen LogP contribution is -2.48. The highest BCUT2D eigenvalue weighted by Crippen LogP contribution is 2.38. The first kappa shape index (κ1) is 24.3. The zero-order valence-electron chi connectivity index (χ0n) is 18.2. The minimum atomic E-state index is -4.23. The predicted molar refractivity (Wildman–Crippen MR) is 132 cm³/mol. The lowest BCUT2D eigenvalue weighted by Gasteiger charge is -2.28. The number of nitrogens with zero attached hydrogens (tertiary/aromatic N) is 2. The lowest BCUT2D eigenvalue weighted by molar-refractivity contribution is -0.149. The molecule has 9 heteroatoms. The number of esters is 1. The normalized spacial score (nSPS) is 18.1. The van der Waals surface area contributed by atoms with Crippen molar-refractivity contribution >= 4 is 45.0 Å². The Morgan fingerprint density at radius 1 is 0.971 bits per heavy atom. The van der Waals surface area contributed by atoms with Crippen molar-refractivity contribution in [3.05, 3.63) is 102 Å². The van der Waals surface area contributed by atoms with Crippen LogP contribution in [0.5, 0.6) is 0 Å². The third-order valence-electron chi connectivity index (χ3n) is 5.43. The van der Waals surface area contributed by atoms with E-state index in [0.29, 0.717) is 5.56 Å². The van der Waals surface area contributed by atoms with Gasteiger partial charge in [0.25, 0.3) is 10.0 Å². The van der Waals surface area contributed by atoms with Crippen molar-refractivity contribution in [3.63, 3.8) is 0 Å². The number of hydrogen-bond acceptors (Lipinski definition) is 5. The molecule has 1 heterocycles. The maximum Gasteiger partial charge on any atom is 0.332 e. The fourth-order valence-electron chi connectivity index (χ4n) is 3.74. The Balaban J connectivity index is 1.77. The molecule has 0 N–H and O–H groups in total. The number of hydrogen-bond donors (Lipinski definition) is 0. The molecule has 3 aromatic carbocycles. The van der Waals surface area contributed by atoms with Gasteiger partial charge in [-0.15, -0.1) is 0 Å². The number of sulfonamides is 1. The van der Waals surface area contributed by atoms with Crippen LogP contribution in [0.3, 0.4) is 0 Å². The third-order valence-corrected chi connectivity index (χ3v) is 7.62. The Kier molecular flexibility index (Phi) is 7.26. The van der Waals surface area contributed by atoms with Crippen LogP contribution in [0.4, 0.5) is 0 Å². The van der Waals surface area contributed by atoms with Crippen molar-refractivity contribution in [1.82, 2.24) is 4.31 Å². The zero-order chi connectivity index (χ0) is 24.3. The third kappa shape index (κ3) is 4.97. The Bertz CT molecular complexity index is 1280. The molecular formula is C25H22Cl2N2O4S. The van der Waals surface area contributed by atoms with Crippen LogP contribution in [-0.2, 0) is 26.2 Å². The highest BCUT2D eigenvalue weighted by molar-refractivity contribution is 7.89. The summed E-state index contributed by atoms with van der Waals surface area (Å²) in [4.78, 5) is 16.6. The quantitative estimate of drug-likeness (QED) is 0.325. The van der Waals surface area contributed by atoms with Crippen molar-refractivity contribution in [2.24, 2.45) is 4.99 Å². The summed E-state index contributed by atoms with van der Waals surface area (Å²) < 4.78 is 34.0. The molecule has 176 valence electrons. The first-order valence-corrected chi connectivity index (χ1v) is 12.8. The molecule has 0 amide bonds. The zero-order valence-corrected chi connectivity index (χ0v) is 20.5. The maximum absolute atomic E-state index is 13.7. The van der Waals surface area contributed by atoms with Gasteiger partial charge in [0.1, 0.15) is 18.5 Å². The van der Waals surface area contributed by atoms with E-state index in [1.54, 1.807) is 36.4 Å². The summed E-state index contributed by atoms with van der Waals surface area (Å²) in [6.45, 7) is 1.83. The number of rotatable bonds is 7. The SMILES string of the molecule is Cc1ccc(S(=O)(=O)N2C(C(Cl)Cl)=N[C@@H](c3ccccc3)[C@@H]2C(=O)OCc2ccccc2)cc1. The molecule has 0 bridgehead atoms. The number of alkyl halides is 2. The molecule has 0 spiro atoms. The Labute approximate surface area is 208 Å². The first-order chi connectivity index (χ1) is 16.3. The highest BCUT2D eigenvalue weighted by Gasteiger charge is 2.50. The second-order valence-corrected chi connectivity index (χ2v) is 10.7. The van der Waals surface area contributed by atoms with Gasteiger partial charge in [-0.3, -0.25) is 4.99 Å². The number of benzene rings is 3. The molecule has 3 aromatic rings. The fourth-order valence-corrected chi connectivity index (χ4v) is 5.78. The van der Waals surface area contributed by atoms with Gasteiger partial charge < -0.3 is 4.74 Å². The molecule has 1 aliphatic rings. The van der Waals surface area contributed by atoms with Crippen molar-refractivity contribution in [2.75, 3.05) is 0 Å². The maximum atomic E-state index is 13.7. The topological polar surface area (TPSA) is 76.0 Å². The molecule has 0 fully saturated rings. The molecule has 2 atom stereocenters. The molecule has 6 nitrogen and oxygen atoms in total. The second-order valence-electron chi connectivity index (χ2n) is 7.80. The smallest absolute Gasteiger partial charge is 0.332 e. The standard InChI is InChI=1S/C25H22Cl2N2O4S/c1-17-12-14-20(15-13-17)34(31,32)29-22(25(30)33-16-18-8-4-2-5-9-18)21(28-24(29)23(26)27)19-10-6-3-7-11-19/h2-15,21-23H,16H2,1H3/t21-,22+/m0/s1. The van der Waals surface area contributed by atoms with Crippen LogP contribution in [0.2, 0.25) is 0 Å². The Morgan fingerprint density at radius 3 is 2.15 bits per heavy atom. The Morgan fingerprint density at radius 2 is 1.56 bits per heavy atom. The number of amidine groups is 1. The van der Waals surface area contributed by atoms with Crippen LogP contribution < -0.4 is 0 Å². The van der Waals surface area contributed by atoms with E-state index in [1.807, 2.05) is 43.3 Å². The van der Waals surface area contributed by atoms with Crippen molar-refractivity contribution in [1.29, 1.82) is 0 Å². The molecule has 0 aliphatic carbocycles. The summed E-state index contributed by atoms with van der Waals surface area (Å²) in [6, 6.07) is 22.2. The van der Waals surface area contributed by atoms with Gasteiger partial charge in [0.15, 0.2) is 10.9 Å². The molecule has 0 saturated heterocycles. The van der Waals surface area contributed by atoms with Crippen LogP contribution >= 0.6 is 23.2 Å².